The lowest BCUT2D eigenvalue weighted by Crippen LogP contribution is -2.40. The number of aliphatic imine (C=N–C) groups is 1. The third-order valence-electron chi connectivity index (χ3n) is 5.77. The van der Waals surface area contributed by atoms with Gasteiger partial charge in [-0.05, 0) is 30.7 Å². The van der Waals surface area contributed by atoms with Gasteiger partial charge in [-0.15, -0.1) is 11.6 Å². The van der Waals surface area contributed by atoms with Crippen molar-refractivity contribution in [3.8, 4) is 23.0 Å². The zero-order valence-electron chi connectivity index (χ0n) is 19.2. The largest absolute Gasteiger partial charge is 0.496 e. The lowest BCUT2D eigenvalue weighted by atomic mass is 9.88. The van der Waals surface area contributed by atoms with E-state index in [1.165, 1.54) is 6.33 Å². The number of nitrogens with two attached hydrogens (primary N) is 2. The second-order valence-electron chi connectivity index (χ2n) is 7.99. The number of ether oxygens (including phenoxy) is 3. The molecule has 3 heterocycles. The molecule has 1 unspecified atom stereocenters. The standard InChI is InChI=1S/C24H24ClN7O3/c1-14-7-17(21(33-2)11-20(14)35-15-3-5-32-23(8-15)29-13-31-32)24(27)16-9-18(26)22(34-6-4-25)10-19(16)28-12-30-24/h3,5,7-13H,4,6,26-27H2,1-2H3,(H,28,30). The predicted octanol–water partition coefficient (Wildman–Crippen LogP) is 3.65. The van der Waals surface area contributed by atoms with E-state index in [9.17, 15) is 0 Å². The third kappa shape index (κ3) is 4.07. The average Bonchev–Trinajstić information content (AvgIpc) is 3.32. The Morgan fingerprint density at radius 2 is 1.97 bits per heavy atom. The highest BCUT2D eigenvalue weighted by molar-refractivity contribution is 6.18. The van der Waals surface area contributed by atoms with Gasteiger partial charge in [0.15, 0.2) is 11.3 Å². The number of benzene rings is 2. The van der Waals surface area contributed by atoms with Crippen molar-refractivity contribution in [2.75, 3.05) is 30.6 Å². The molecule has 1 aliphatic rings. The Bertz CT molecular complexity index is 1440. The maximum absolute atomic E-state index is 6.92. The van der Waals surface area contributed by atoms with Crippen LogP contribution in [0, 0.1) is 6.92 Å². The average molecular weight is 494 g/mol. The third-order valence-corrected chi connectivity index (χ3v) is 5.93. The number of nitrogens with one attached hydrogen (secondary N) is 1. The molecule has 10 nitrogen and oxygen atoms in total. The van der Waals surface area contributed by atoms with Crippen molar-refractivity contribution < 1.29 is 14.2 Å². The van der Waals surface area contributed by atoms with E-state index >= 15 is 0 Å². The summed E-state index contributed by atoms with van der Waals surface area (Å²) in [7, 11) is 1.58. The van der Waals surface area contributed by atoms with Gasteiger partial charge in [-0.25, -0.2) is 14.5 Å². The summed E-state index contributed by atoms with van der Waals surface area (Å²) in [6, 6.07) is 10.9. The monoisotopic (exact) mass is 493 g/mol. The fraction of sp³-hybridized carbons (Fsp3) is 0.208. The Kier molecular flexibility index (Phi) is 5.83. The molecule has 0 saturated heterocycles. The van der Waals surface area contributed by atoms with E-state index in [-0.39, 0.29) is 0 Å². The molecule has 0 spiro atoms. The number of methoxy groups -OCH3 is 1. The maximum atomic E-state index is 6.92. The molecule has 0 saturated carbocycles. The van der Waals surface area contributed by atoms with Crippen LogP contribution in [-0.4, -0.2) is 40.5 Å². The van der Waals surface area contributed by atoms with Crippen LogP contribution in [0.1, 0.15) is 16.7 Å². The molecule has 1 aliphatic heterocycles. The van der Waals surface area contributed by atoms with Crippen LogP contribution >= 0.6 is 11.6 Å². The summed E-state index contributed by atoms with van der Waals surface area (Å²) in [6.45, 7) is 2.27. The Morgan fingerprint density at radius 1 is 1.11 bits per heavy atom. The number of hydrogen-bond donors (Lipinski definition) is 3. The molecule has 2 aromatic carbocycles. The number of rotatable bonds is 7. The highest BCUT2D eigenvalue weighted by atomic mass is 35.5. The van der Waals surface area contributed by atoms with E-state index in [1.54, 1.807) is 48.4 Å². The first-order chi connectivity index (χ1) is 16.9. The summed E-state index contributed by atoms with van der Waals surface area (Å²) in [6.07, 6.45) is 4.82. The zero-order valence-corrected chi connectivity index (χ0v) is 19.9. The van der Waals surface area contributed by atoms with Crippen molar-refractivity contribution in [3.63, 3.8) is 0 Å². The van der Waals surface area contributed by atoms with Crippen LogP contribution in [0.3, 0.4) is 0 Å². The highest BCUT2D eigenvalue weighted by Crippen LogP contribution is 2.45. The Balaban J connectivity index is 1.54. The summed E-state index contributed by atoms with van der Waals surface area (Å²) >= 11 is 5.75. The zero-order chi connectivity index (χ0) is 24.6. The molecule has 5 N–H and O–H groups in total. The number of nitrogen functional groups attached to an aromatic ring is 1. The van der Waals surface area contributed by atoms with Gasteiger partial charge in [0.1, 0.15) is 35.9 Å². The minimum atomic E-state index is -1.26. The second kappa shape index (κ2) is 8.97. The van der Waals surface area contributed by atoms with E-state index in [0.29, 0.717) is 57.9 Å². The predicted molar refractivity (Wildman–Crippen MR) is 135 cm³/mol. The van der Waals surface area contributed by atoms with Crippen molar-refractivity contribution >= 4 is 35.0 Å². The minimum absolute atomic E-state index is 0.338. The van der Waals surface area contributed by atoms with E-state index in [1.807, 2.05) is 19.1 Å². The molecule has 0 bridgehead atoms. The Labute approximate surface area is 206 Å². The summed E-state index contributed by atoms with van der Waals surface area (Å²) < 4.78 is 19.2. The second-order valence-corrected chi connectivity index (χ2v) is 8.37. The Hall–Kier alpha value is -4.02. The van der Waals surface area contributed by atoms with Crippen molar-refractivity contribution in [2.45, 2.75) is 12.6 Å². The first-order valence-corrected chi connectivity index (χ1v) is 11.3. The number of aryl methyl sites for hydroxylation is 1. The highest BCUT2D eigenvalue weighted by Gasteiger charge is 2.37. The van der Waals surface area contributed by atoms with Crippen molar-refractivity contribution in [2.24, 2.45) is 10.7 Å². The van der Waals surface area contributed by atoms with Gasteiger partial charge < -0.3 is 25.3 Å². The molecule has 0 aliphatic carbocycles. The topological polar surface area (TPSA) is 134 Å². The molecule has 0 amide bonds. The summed E-state index contributed by atoms with van der Waals surface area (Å²) in [5.74, 6) is 2.62. The number of fused-ring (bicyclic) bond motifs is 2. The normalized spacial score (nSPS) is 16.6. The maximum Gasteiger partial charge on any atom is 0.167 e. The van der Waals surface area contributed by atoms with Crippen LogP contribution in [-0.2, 0) is 5.66 Å². The minimum Gasteiger partial charge on any atom is -0.496 e. The molecule has 180 valence electrons. The molecular formula is C24H24ClN7O3. The molecule has 2 aromatic heterocycles. The van der Waals surface area contributed by atoms with E-state index in [2.05, 4.69) is 20.4 Å². The van der Waals surface area contributed by atoms with Gasteiger partial charge >= 0.3 is 0 Å². The van der Waals surface area contributed by atoms with Gasteiger partial charge in [0.25, 0.3) is 0 Å². The van der Waals surface area contributed by atoms with E-state index in [0.717, 1.165) is 11.3 Å². The fourth-order valence-corrected chi connectivity index (χ4v) is 4.10. The van der Waals surface area contributed by atoms with Gasteiger partial charge in [-0.2, -0.15) is 5.10 Å². The van der Waals surface area contributed by atoms with E-state index in [4.69, 9.17) is 37.3 Å². The van der Waals surface area contributed by atoms with Gasteiger partial charge in [0, 0.05) is 35.5 Å². The number of alkyl halides is 1. The van der Waals surface area contributed by atoms with Crippen LogP contribution in [0.4, 0.5) is 11.4 Å². The summed E-state index contributed by atoms with van der Waals surface area (Å²) in [4.78, 5) is 8.78. The molecular weight excluding hydrogens is 470 g/mol. The van der Waals surface area contributed by atoms with Crippen LogP contribution in [0.2, 0.25) is 0 Å². The first kappa shape index (κ1) is 22.8. The molecule has 1 atom stereocenters. The molecule has 0 radical (unpaired) electrons. The smallest absolute Gasteiger partial charge is 0.167 e. The van der Waals surface area contributed by atoms with Crippen LogP contribution in [0.15, 0.2) is 53.9 Å². The van der Waals surface area contributed by atoms with Crippen LogP contribution in [0.5, 0.6) is 23.0 Å². The Morgan fingerprint density at radius 3 is 2.77 bits per heavy atom. The van der Waals surface area contributed by atoms with Gasteiger partial charge in [-0.1, -0.05) is 0 Å². The van der Waals surface area contributed by atoms with E-state index < -0.39 is 5.66 Å². The molecule has 35 heavy (non-hydrogen) atoms. The van der Waals surface area contributed by atoms with Crippen LogP contribution < -0.4 is 31.0 Å². The summed E-state index contributed by atoms with van der Waals surface area (Å²) in [5.41, 5.74) is 15.9. The SMILES string of the molecule is COc1cc(Oc2ccn3ncnc3c2)c(C)cc1C1(N)N=CNc2cc(OCCCl)c(N)cc21. The number of anilines is 2. The number of pyridine rings is 1. The molecule has 4 aromatic rings. The first-order valence-electron chi connectivity index (χ1n) is 10.8. The van der Waals surface area contributed by atoms with Crippen LogP contribution in [0.25, 0.3) is 5.65 Å². The van der Waals surface area contributed by atoms with Gasteiger partial charge in [0.2, 0.25) is 0 Å². The molecule has 11 heteroatoms. The number of nitrogens with zero attached hydrogens (tertiary/aromatic N) is 4. The lowest BCUT2D eigenvalue weighted by Gasteiger charge is -2.33. The lowest BCUT2D eigenvalue weighted by molar-refractivity contribution is 0.344. The number of hydrogen-bond acceptors (Lipinski definition) is 9. The van der Waals surface area contributed by atoms with Gasteiger partial charge in [-0.3, -0.25) is 5.73 Å². The molecule has 0 fully saturated rings. The summed E-state index contributed by atoms with van der Waals surface area (Å²) in [5, 5.41) is 7.22. The number of aromatic nitrogens is 3. The quantitative estimate of drug-likeness (QED) is 0.262. The number of halogens is 1. The molecule has 5 rings (SSSR count). The van der Waals surface area contributed by atoms with Gasteiger partial charge in [0.05, 0.1) is 30.7 Å². The van der Waals surface area contributed by atoms with Crippen molar-refractivity contribution in [1.29, 1.82) is 0 Å². The van der Waals surface area contributed by atoms with Crippen molar-refractivity contribution in [1.82, 2.24) is 14.6 Å². The fourth-order valence-electron chi connectivity index (χ4n) is 4.03. The van der Waals surface area contributed by atoms with Crippen molar-refractivity contribution in [3.05, 3.63) is 65.6 Å².